The number of non-ortho nitro benzene ring substituents is 2. The summed E-state index contributed by atoms with van der Waals surface area (Å²) in [5, 5.41) is 27.0. The third-order valence-electron chi connectivity index (χ3n) is 4.17. The molecule has 11 heteroatoms. The highest BCUT2D eigenvalue weighted by molar-refractivity contribution is 7.80. The molecule has 0 aliphatic carbocycles. The Morgan fingerprint density at radius 2 is 1.50 bits per heavy atom. The fourth-order valence-corrected chi connectivity index (χ4v) is 2.86. The minimum absolute atomic E-state index is 0.0814. The number of carbonyl (C=O) groups is 1. The van der Waals surface area contributed by atoms with Gasteiger partial charge in [-0.2, -0.15) is 0 Å². The van der Waals surface area contributed by atoms with Gasteiger partial charge in [0.1, 0.15) is 12.4 Å². The number of nitro groups is 2. The van der Waals surface area contributed by atoms with E-state index in [0.29, 0.717) is 18.0 Å². The molecule has 3 aromatic carbocycles. The number of nitro benzene ring substituents is 2. The predicted molar refractivity (Wildman–Crippen MR) is 121 cm³/mol. The molecule has 0 aliphatic heterocycles. The van der Waals surface area contributed by atoms with Gasteiger partial charge < -0.3 is 10.1 Å². The van der Waals surface area contributed by atoms with E-state index in [4.69, 9.17) is 17.0 Å². The van der Waals surface area contributed by atoms with Crippen LogP contribution in [0.2, 0.25) is 0 Å². The Morgan fingerprint density at radius 1 is 0.906 bits per heavy atom. The Labute approximate surface area is 187 Å². The van der Waals surface area contributed by atoms with Crippen molar-refractivity contribution in [2.45, 2.75) is 6.61 Å². The SMILES string of the molecule is O=C(NC(=S)Nc1ccc(OCc2ccccc2)cc1)c1cc([N+](=O)[O-])cc([N+](=O)[O-])c1. The normalized spacial score (nSPS) is 10.1. The summed E-state index contributed by atoms with van der Waals surface area (Å²) in [4.78, 5) is 32.7. The molecule has 1 amide bonds. The summed E-state index contributed by atoms with van der Waals surface area (Å²) in [7, 11) is 0. The maximum absolute atomic E-state index is 12.4. The van der Waals surface area contributed by atoms with Gasteiger partial charge in [0.15, 0.2) is 5.11 Å². The van der Waals surface area contributed by atoms with Crippen molar-refractivity contribution in [3.8, 4) is 5.75 Å². The fraction of sp³-hybridized carbons (Fsp3) is 0.0476. The third-order valence-corrected chi connectivity index (χ3v) is 4.38. The van der Waals surface area contributed by atoms with Crippen molar-refractivity contribution in [2.75, 3.05) is 5.32 Å². The molecule has 2 N–H and O–H groups in total. The number of benzene rings is 3. The largest absolute Gasteiger partial charge is 0.489 e. The molecule has 10 nitrogen and oxygen atoms in total. The van der Waals surface area contributed by atoms with Crippen molar-refractivity contribution in [1.82, 2.24) is 5.32 Å². The smallest absolute Gasteiger partial charge is 0.277 e. The summed E-state index contributed by atoms with van der Waals surface area (Å²) in [6.45, 7) is 0.414. The molecule has 0 bridgehead atoms. The van der Waals surface area contributed by atoms with Crippen LogP contribution in [-0.4, -0.2) is 20.9 Å². The molecule has 162 valence electrons. The topological polar surface area (TPSA) is 137 Å². The van der Waals surface area contributed by atoms with E-state index in [2.05, 4.69) is 10.6 Å². The fourth-order valence-electron chi connectivity index (χ4n) is 2.65. The average molecular weight is 452 g/mol. The second kappa shape index (κ2) is 10.1. The van der Waals surface area contributed by atoms with Gasteiger partial charge in [-0.3, -0.25) is 30.3 Å². The van der Waals surface area contributed by atoms with Gasteiger partial charge in [0, 0.05) is 17.8 Å². The summed E-state index contributed by atoms with van der Waals surface area (Å²) < 4.78 is 5.70. The van der Waals surface area contributed by atoms with Gasteiger partial charge in [-0.25, -0.2) is 0 Å². The van der Waals surface area contributed by atoms with Gasteiger partial charge in [0.2, 0.25) is 0 Å². The molecule has 0 atom stereocenters. The van der Waals surface area contributed by atoms with E-state index in [0.717, 1.165) is 23.8 Å². The molecule has 0 aromatic heterocycles. The quantitative estimate of drug-likeness (QED) is 0.309. The number of hydrogen-bond donors (Lipinski definition) is 2. The Kier molecular flexibility index (Phi) is 7.03. The number of ether oxygens (including phenoxy) is 1. The van der Waals surface area contributed by atoms with Gasteiger partial charge >= 0.3 is 0 Å². The predicted octanol–water partition coefficient (Wildman–Crippen LogP) is 4.21. The lowest BCUT2D eigenvalue weighted by atomic mass is 10.1. The van der Waals surface area contributed by atoms with E-state index >= 15 is 0 Å². The van der Waals surface area contributed by atoms with Crippen molar-refractivity contribution in [3.63, 3.8) is 0 Å². The molecule has 3 aromatic rings. The molecule has 32 heavy (non-hydrogen) atoms. The summed E-state index contributed by atoms with van der Waals surface area (Å²) in [6.07, 6.45) is 0. The number of amides is 1. The monoisotopic (exact) mass is 452 g/mol. The second-order valence-corrected chi connectivity index (χ2v) is 6.87. The summed E-state index contributed by atoms with van der Waals surface area (Å²) in [5.41, 5.74) is 0.177. The third kappa shape index (κ3) is 6.06. The molecule has 0 spiro atoms. The molecule has 0 heterocycles. The minimum Gasteiger partial charge on any atom is -0.489 e. The summed E-state index contributed by atoms with van der Waals surface area (Å²) in [6, 6.07) is 19.1. The highest BCUT2D eigenvalue weighted by Gasteiger charge is 2.20. The van der Waals surface area contributed by atoms with E-state index in [9.17, 15) is 25.0 Å². The van der Waals surface area contributed by atoms with Gasteiger partial charge in [-0.05, 0) is 42.0 Å². The number of nitrogens with one attached hydrogen (secondary N) is 2. The number of anilines is 1. The molecule has 0 saturated heterocycles. The first-order chi connectivity index (χ1) is 15.3. The Bertz CT molecular complexity index is 1140. The van der Waals surface area contributed by atoms with E-state index in [1.54, 1.807) is 24.3 Å². The number of rotatable bonds is 7. The van der Waals surface area contributed by atoms with Crippen molar-refractivity contribution >= 4 is 40.3 Å². The molecular weight excluding hydrogens is 436 g/mol. The van der Waals surface area contributed by atoms with E-state index < -0.39 is 27.1 Å². The van der Waals surface area contributed by atoms with Gasteiger partial charge in [0.05, 0.1) is 21.5 Å². The van der Waals surface area contributed by atoms with Crippen molar-refractivity contribution in [3.05, 3.63) is 104 Å². The molecule has 3 rings (SSSR count). The molecule has 0 saturated carbocycles. The summed E-state index contributed by atoms with van der Waals surface area (Å²) >= 11 is 5.09. The van der Waals surface area contributed by atoms with Crippen LogP contribution in [0.25, 0.3) is 0 Å². The molecule has 0 unspecified atom stereocenters. The van der Waals surface area contributed by atoms with Crippen LogP contribution in [0.4, 0.5) is 17.1 Å². The average Bonchev–Trinajstić information content (AvgIpc) is 2.78. The highest BCUT2D eigenvalue weighted by Crippen LogP contribution is 2.23. The zero-order chi connectivity index (χ0) is 23.1. The first-order valence-electron chi connectivity index (χ1n) is 9.15. The number of hydrogen-bond acceptors (Lipinski definition) is 7. The minimum atomic E-state index is -0.822. The van der Waals surface area contributed by atoms with E-state index in [1.165, 1.54) is 0 Å². The lowest BCUT2D eigenvalue weighted by molar-refractivity contribution is -0.394. The van der Waals surface area contributed by atoms with Crippen LogP contribution in [0.1, 0.15) is 15.9 Å². The highest BCUT2D eigenvalue weighted by atomic mass is 32.1. The Balaban J connectivity index is 1.60. The first kappa shape index (κ1) is 22.3. The lowest BCUT2D eigenvalue weighted by Gasteiger charge is -2.11. The maximum Gasteiger partial charge on any atom is 0.277 e. The van der Waals surface area contributed by atoms with Crippen LogP contribution in [0, 0.1) is 20.2 Å². The van der Waals surface area contributed by atoms with E-state index in [-0.39, 0.29) is 10.7 Å². The van der Waals surface area contributed by atoms with Gasteiger partial charge in [-0.15, -0.1) is 0 Å². The van der Waals surface area contributed by atoms with Crippen LogP contribution in [0.15, 0.2) is 72.8 Å². The van der Waals surface area contributed by atoms with Crippen LogP contribution in [0.5, 0.6) is 5.75 Å². The van der Waals surface area contributed by atoms with Crippen LogP contribution < -0.4 is 15.4 Å². The Morgan fingerprint density at radius 3 is 2.06 bits per heavy atom. The van der Waals surface area contributed by atoms with Crippen molar-refractivity contribution in [1.29, 1.82) is 0 Å². The van der Waals surface area contributed by atoms with Crippen molar-refractivity contribution < 1.29 is 19.4 Å². The second-order valence-electron chi connectivity index (χ2n) is 6.46. The van der Waals surface area contributed by atoms with Crippen molar-refractivity contribution in [2.24, 2.45) is 0 Å². The standard InChI is InChI=1S/C21H16N4O6S/c26-20(15-10-17(24(27)28)12-18(11-15)25(29)30)23-21(32)22-16-6-8-19(9-7-16)31-13-14-4-2-1-3-5-14/h1-12H,13H2,(H2,22,23,26,32). The van der Waals surface area contributed by atoms with Crippen LogP contribution in [0.3, 0.4) is 0 Å². The number of carbonyl (C=O) groups excluding carboxylic acids is 1. The summed E-state index contributed by atoms with van der Waals surface area (Å²) in [5.74, 6) is -0.185. The maximum atomic E-state index is 12.4. The molecule has 0 fully saturated rings. The van der Waals surface area contributed by atoms with E-state index in [1.807, 2.05) is 30.3 Å². The number of nitrogens with zero attached hydrogens (tertiary/aromatic N) is 2. The lowest BCUT2D eigenvalue weighted by Crippen LogP contribution is -2.34. The van der Waals surface area contributed by atoms with Crippen LogP contribution in [-0.2, 0) is 6.61 Å². The Hall–Kier alpha value is -4.38. The first-order valence-corrected chi connectivity index (χ1v) is 9.55. The molecule has 0 radical (unpaired) electrons. The zero-order valence-electron chi connectivity index (χ0n) is 16.4. The number of thiocarbonyl (C=S) groups is 1. The van der Waals surface area contributed by atoms with Gasteiger partial charge in [-0.1, -0.05) is 30.3 Å². The molecular formula is C21H16N4O6S. The zero-order valence-corrected chi connectivity index (χ0v) is 17.2. The van der Waals surface area contributed by atoms with Crippen LogP contribution >= 0.6 is 12.2 Å². The molecule has 0 aliphatic rings. The van der Waals surface area contributed by atoms with Gasteiger partial charge in [0.25, 0.3) is 17.3 Å².